The van der Waals surface area contributed by atoms with Crippen molar-refractivity contribution in [3.8, 4) is 0 Å². The van der Waals surface area contributed by atoms with E-state index < -0.39 is 42.3 Å². The Morgan fingerprint density at radius 3 is 2.79 bits per heavy atom. The number of aliphatic hydroxyl groups excluding tert-OH is 1. The number of rotatable bonds is 5. The first kappa shape index (κ1) is 19.0. The number of imidazole rings is 1. The Kier molecular flexibility index (Phi) is 4.70. The Morgan fingerprint density at radius 1 is 1.32 bits per heavy atom. The van der Waals surface area contributed by atoms with Crippen LogP contribution in [-0.2, 0) is 19.0 Å². The Hall–Kier alpha value is -2.34. The zero-order chi connectivity index (χ0) is 20.1. The van der Waals surface area contributed by atoms with Gasteiger partial charge in [-0.1, -0.05) is 0 Å². The van der Waals surface area contributed by atoms with Crippen LogP contribution >= 0.6 is 0 Å². The van der Waals surface area contributed by atoms with Crippen LogP contribution < -0.4 is 10.6 Å². The summed E-state index contributed by atoms with van der Waals surface area (Å²) in [6.07, 6.45) is -1.13. The molecule has 0 radical (unpaired) electrons. The summed E-state index contributed by atoms with van der Waals surface area (Å²) in [7, 11) is 1.75. The molecule has 4 rings (SSSR count). The van der Waals surface area contributed by atoms with Crippen molar-refractivity contribution in [3.63, 3.8) is 0 Å². The van der Waals surface area contributed by atoms with Crippen LogP contribution in [0.15, 0.2) is 12.7 Å². The summed E-state index contributed by atoms with van der Waals surface area (Å²) in [5, 5.41) is 16.1. The van der Waals surface area contributed by atoms with Crippen LogP contribution in [0.25, 0.3) is 11.2 Å². The molecule has 2 aromatic rings. The molecular formula is C17H24N6O5. The molecule has 0 spiro atoms. The van der Waals surface area contributed by atoms with Crippen molar-refractivity contribution < 1.29 is 24.1 Å². The number of anilines is 1. The molecule has 11 nitrogen and oxygen atoms in total. The number of carbonyl (C=O) groups is 1. The van der Waals surface area contributed by atoms with Crippen LogP contribution in [0.1, 0.15) is 27.0 Å². The van der Waals surface area contributed by atoms with Crippen LogP contribution in [0.2, 0.25) is 0 Å². The van der Waals surface area contributed by atoms with E-state index in [2.05, 4.69) is 25.6 Å². The number of hydrogen-bond donors (Lipinski definition) is 3. The predicted octanol–water partition coefficient (Wildman–Crippen LogP) is -0.217. The molecule has 28 heavy (non-hydrogen) atoms. The zero-order valence-corrected chi connectivity index (χ0v) is 16.1. The lowest BCUT2D eigenvalue weighted by atomic mass is 10.0. The number of fused-ring (bicyclic) bond motifs is 2. The van der Waals surface area contributed by atoms with Crippen molar-refractivity contribution in [2.24, 2.45) is 0 Å². The van der Waals surface area contributed by atoms with E-state index in [1.165, 1.54) is 6.33 Å². The second kappa shape index (κ2) is 6.92. The highest BCUT2D eigenvalue weighted by molar-refractivity contribution is 5.83. The van der Waals surface area contributed by atoms with Crippen molar-refractivity contribution in [1.82, 2.24) is 24.8 Å². The molecule has 0 aromatic carbocycles. The van der Waals surface area contributed by atoms with Gasteiger partial charge in [-0.15, -0.1) is 0 Å². The third kappa shape index (κ3) is 3.00. The minimum Gasteiger partial charge on any atom is -0.380 e. The molecule has 1 amide bonds. The van der Waals surface area contributed by atoms with Gasteiger partial charge >= 0.3 is 0 Å². The third-order valence-corrected chi connectivity index (χ3v) is 4.87. The summed E-state index contributed by atoms with van der Waals surface area (Å²) in [6, 6.07) is 0. The van der Waals surface area contributed by atoms with Gasteiger partial charge in [-0.3, -0.25) is 9.36 Å². The second-order valence-corrected chi connectivity index (χ2v) is 7.19. The van der Waals surface area contributed by atoms with Gasteiger partial charge < -0.3 is 30.0 Å². The van der Waals surface area contributed by atoms with E-state index in [1.807, 2.05) is 0 Å². The van der Waals surface area contributed by atoms with Gasteiger partial charge in [0.1, 0.15) is 30.2 Å². The average Bonchev–Trinajstić information content (AvgIpc) is 3.31. The average molecular weight is 392 g/mol. The molecule has 0 aliphatic carbocycles. The molecular weight excluding hydrogens is 368 g/mol. The van der Waals surface area contributed by atoms with E-state index in [1.54, 1.807) is 38.7 Å². The number of carbonyl (C=O) groups excluding carboxylic acids is 1. The van der Waals surface area contributed by atoms with E-state index in [-0.39, 0.29) is 0 Å². The summed E-state index contributed by atoms with van der Waals surface area (Å²) in [5.41, 5.74) is 1.13. The van der Waals surface area contributed by atoms with Crippen molar-refractivity contribution in [3.05, 3.63) is 12.7 Å². The van der Waals surface area contributed by atoms with Gasteiger partial charge in [0, 0.05) is 13.6 Å². The molecule has 2 aromatic heterocycles. The maximum atomic E-state index is 12.2. The van der Waals surface area contributed by atoms with E-state index in [0.717, 1.165) is 0 Å². The quantitative estimate of drug-likeness (QED) is 0.632. The van der Waals surface area contributed by atoms with E-state index in [9.17, 15) is 9.90 Å². The number of hydrogen-bond acceptors (Lipinski definition) is 9. The standard InChI is InChI=1S/C17H24N6O5/c1-5-19-15(25)9(24)10-11-12(28-17(2,3)27-11)16(26-10)23-7-22-8-13(18-4)20-6-21-14(8)23/h6-7,9-12,16,24H,5H2,1-4H3,(H,19,25)(H,18,20,21)/t9?,10-,11-,12-,16-/m1/s1. The number of ether oxygens (including phenoxy) is 3. The largest absolute Gasteiger partial charge is 0.380 e. The molecule has 1 unspecified atom stereocenters. The van der Waals surface area contributed by atoms with Gasteiger partial charge in [0.2, 0.25) is 0 Å². The molecule has 2 aliphatic rings. The highest BCUT2D eigenvalue weighted by Crippen LogP contribution is 2.44. The SMILES string of the molecule is CCNC(=O)C(O)[C@H]1O[C@@H](n2cnc3c(NC)ncnc32)[C@@H]2OC(C)(C)O[C@@H]21. The van der Waals surface area contributed by atoms with Crippen LogP contribution in [0, 0.1) is 0 Å². The normalized spacial score (nSPS) is 29.6. The van der Waals surface area contributed by atoms with E-state index >= 15 is 0 Å². The Morgan fingerprint density at radius 2 is 2.07 bits per heavy atom. The zero-order valence-electron chi connectivity index (χ0n) is 16.1. The number of amides is 1. The monoisotopic (exact) mass is 392 g/mol. The third-order valence-electron chi connectivity index (χ3n) is 4.87. The topological polar surface area (TPSA) is 133 Å². The molecule has 3 N–H and O–H groups in total. The Labute approximate surface area is 161 Å². The molecule has 5 atom stereocenters. The number of aromatic nitrogens is 4. The van der Waals surface area contributed by atoms with Gasteiger partial charge in [-0.2, -0.15) is 0 Å². The number of nitrogens with zero attached hydrogens (tertiary/aromatic N) is 4. The minimum absolute atomic E-state index is 0.402. The summed E-state index contributed by atoms with van der Waals surface area (Å²) in [4.78, 5) is 25.0. The van der Waals surface area contributed by atoms with Crippen molar-refractivity contribution in [2.45, 2.75) is 57.2 Å². The molecule has 2 saturated heterocycles. The Balaban J connectivity index is 1.71. The van der Waals surface area contributed by atoms with Gasteiger partial charge in [0.15, 0.2) is 29.6 Å². The number of aliphatic hydroxyl groups is 1. The van der Waals surface area contributed by atoms with Crippen molar-refractivity contribution in [2.75, 3.05) is 18.9 Å². The molecule has 152 valence electrons. The maximum absolute atomic E-state index is 12.2. The molecule has 11 heteroatoms. The van der Waals surface area contributed by atoms with Crippen LogP contribution in [0.5, 0.6) is 0 Å². The second-order valence-electron chi connectivity index (χ2n) is 7.19. The fraction of sp³-hybridized carbons (Fsp3) is 0.647. The fourth-order valence-electron chi connectivity index (χ4n) is 3.73. The first-order valence-electron chi connectivity index (χ1n) is 9.18. The molecule has 2 aliphatic heterocycles. The fourth-order valence-corrected chi connectivity index (χ4v) is 3.73. The number of likely N-dealkylation sites (N-methyl/N-ethyl adjacent to an activating group) is 1. The van der Waals surface area contributed by atoms with Crippen LogP contribution in [-0.4, -0.2) is 74.3 Å². The molecule has 4 heterocycles. The first-order valence-corrected chi connectivity index (χ1v) is 9.18. The summed E-state index contributed by atoms with van der Waals surface area (Å²) < 4.78 is 19.8. The lowest BCUT2D eigenvalue weighted by Crippen LogP contribution is -2.47. The molecule has 0 bridgehead atoms. The minimum atomic E-state index is -1.40. The molecule has 0 saturated carbocycles. The highest BCUT2D eigenvalue weighted by atomic mass is 16.8. The lowest BCUT2D eigenvalue weighted by molar-refractivity contribution is -0.207. The van der Waals surface area contributed by atoms with Gasteiger partial charge in [-0.05, 0) is 20.8 Å². The maximum Gasteiger partial charge on any atom is 0.251 e. The number of nitrogens with one attached hydrogen (secondary N) is 2. The van der Waals surface area contributed by atoms with E-state index in [4.69, 9.17) is 14.2 Å². The van der Waals surface area contributed by atoms with Gasteiger partial charge in [-0.25, -0.2) is 15.0 Å². The predicted molar refractivity (Wildman–Crippen MR) is 97.3 cm³/mol. The van der Waals surface area contributed by atoms with Crippen molar-refractivity contribution in [1.29, 1.82) is 0 Å². The summed E-state index contributed by atoms with van der Waals surface area (Å²) >= 11 is 0. The summed E-state index contributed by atoms with van der Waals surface area (Å²) in [6.45, 7) is 5.75. The van der Waals surface area contributed by atoms with Crippen LogP contribution in [0.4, 0.5) is 5.82 Å². The smallest absolute Gasteiger partial charge is 0.251 e. The van der Waals surface area contributed by atoms with E-state index in [0.29, 0.717) is 23.5 Å². The lowest BCUT2D eigenvalue weighted by Gasteiger charge is -2.26. The highest BCUT2D eigenvalue weighted by Gasteiger charge is 2.58. The van der Waals surface area contributed by atoms with Crippen molar-refractivity contribution >= 4 is 22.9 Å². The molecule has 2 fully saturated rings. The van der Waals surface area contributed by atoms with Gasteiger partial charge in [0.25, 0.3) is 5.91 Å². The van der Waals surface area contributed by atoms with Gasteiger partial charge in [0.05, 0.1) is 6.33 Å². The van der Waals surface area contributed by atoms with Crippen LogP contribution in [0.3, 0.4) is 0 Å². The summed E-state index contributed by atoms with van der Waals surface area (Å²) in [5.74, 6) is -0.811. The first-order chi connectivity index (χ1) is 13.4. The Bertz CT molecular complexity index is 886.